The molecule has 8 heteroatoms. The summed E-state index contributed by atoms with van der Waals surface area (Å²) in [7, 11) is 0. The molecule has 0 atom stereocenters. The molecule has 5 N–H and O–H groups in total. The highest BCUT2D eigenvalue weighted by atomic mass is 16.8. The van der Waals surface area contributed by atoms with Crippen molar-refractivity contribution in [2.45, 2.75) is 0 Å². The smallest absolute Gasteiger partial charge is 0.281 e. The molecule has 0 spiro atoms. The lowest BCUT2D eigenvalue weighted by Crippen LogP contribution is -2.38. The molecule has 0 saturated heterocycles. The molecular formula is C16H15N4O4-. The van der Waals surface area contributed by atoms with Crippen molar-refractivity contribution in [3.63, 3.8) is 0 Å². The SMILES string of the molecule is NNC(=O)/C(=C/c1cccc(N([O-])O)c1)NC(=O)c1ccccc1. The first-order valence-corrected chi connectivity index (χ1v) is 6.86. The Bertz CT molecular complexity index is 760. The number of hydrogen-bond donors (Lipinski definition) is 4. The Morgan fingerprint density at radius 2 is 1.83 bits per heavy atom. The Morgan fingerprint density at radius 1 is 1.12 bits per heavy atom. The van der Waals surface area contributed by atoms with E-state index in [0.29, 0.717) is 11.1 Å². The van der Waals surface area contributed by atoms with Gasteiger partial charge in [0.15, 0.2) is 0 Å². The molecule has 0 radical (unpaired) electrons. The van der Waals surface area contributed by atoms with Crippen molar-refractivity contribution >= 4 is 23.6 Å². The van der Waals surface area contributed by atoms with E-state index in [1.807, 2.05) is 5.43 Å². The fourth-order valence-electron chi connectivity index (χ4n) is 1.92. The number of nitrogens with zero attached hydrogens (tertiary/aromatic N) is 1. The molecule has 2 amide bonds. The Balaban J connectivity index is 2.30. The molecule has 0 aromatic heterocycles. The van der Waals surface area contributed by atoms with Gasteiger partial charge in [-0.2, -0.15) is 0 Å². The summed E-state index contributed by atoms with van der Waals surface area (Å²) in [6.45, 7) is 0. The third-order valence-electron chi connectivity index (χ3n) is 3.06. The highest BCUT2D eigenvalue weighted by molar-refractivity contribution is 6.05. The molecule has 0 aliphatic rings. The van der Waals surface area contributed by atoms with Gasteiger partial charge in [0.1, 0.15) is 5.70 Å². The molecule has 0 unspecified atom stereocenters. The quantitative estimate of drug-likeness (QED) is 0.282. The van der Waals surface area contributed by atoms with Crippen LogP contribution in [0.1, 0.15) is 15.9 Å². The number of nitrogens with two attached hydrogens (primary N) is 1. The number of carbonyl (C=O) groups excluding carboxylic acids is 2. The minimum atomic E-state index is -0.715. The van der Waals surface area contributed by atoms with Crippen LogP contribution >= 0.6 is 0 Å². The molecule has 0 aliphatic heterocycles. The summed E-state index contributed by atoms with van der Waals surface area (Å²) in [6, 6.07) is 14.1. The minimum absolute atomic E-state index is 0.0226. The molecule has 0 aliphatic carbocycles. The maximum Gasteiger partial charge on any atom is 0.281 e. The van der Waals surface area contributed by atoms with E-state index in [1.54, 1.807) is 36.4 Å². The van der Waals surface area contributed by atoms with Crippen LogP contribution in [0.3, 0.4) is 0 Å². The van der Waals surface area contributed by atoms with Gasteiger partial charge in [-0.15, -0.1) is 0 Å². The lowest BCUT2D eigenvalue weighted by molar-refractivity contribution is -0.117. The van der Waals surface area contributed by atoms with E-state index in [2.05, 4.69) is 5.32 Å². The van der Waals surface area contributed by atoms with E-state index < -0.39 is 11.8 Å². The van der Waals surface area contributed by atoms with Gasteiger partial charge in [-0.3, -0.25) is 20.2 Å². The average Bonchev–Trinajstić information content (AvgIpc) is 2.61. The molecular weight excluding hydrogens is 312 g/mol. The maximum atomic E-state index is 12.2. The predicted octanol–water partition coefficient (Wildman–Crippen LogP) is 1.14. The van der Waals surface area contributed by atoms with Gasteiger partial charge in [0.25, 0.3) is 11.8 Å². The highest BCUT2D eigenvalue weighted by Crippen LogP contribution is 2.16. The molecule has 0 heterocycles. The van der Waals surface area contributed by atoms with Gasteiger partial charge in [-0.1, -0.05) is 30.3 Å². The van der Waals surface area contributed by atoms with Crippen LogP contribution in [-0.2, 0) is 4.79 Å². The van der Waals surface area contributed by atoms with Crippen LogP contribution in [0.4, 0.5) is 5.69 Å². The summed E-state index contributed by atoms with van der Waals surface area (Å²) in [6.07, 6.45) is 1.33. The van der Waals surface area contributed by atoms with E-state index >= 15 is 0 Å². The molecule has 2 aromatic rings. The Morgan fingerprint density at radius 3 is 2.46 bits per heavy atom. The molecule has 0 fully saturated rings. The standard InChI is InChI=1S/C16H15N4O4/c17-19-16(22)14(18-15(21)12-6-2-1-3-7-12)10-11-5-4-8-13(9-11)20(23)24/h1-10,23H,17H2,(H,18,21)(H,19,22)/q-1/b14-10-. The van der Waals surface area contributed by atoms with Gasteiger partial charge in [0.2, 0.25) is 0 Å². The van der Waals surface area contributed by atoms with E-state index in [4.69, 9.17) is 11.0 Å². The van der Waals surface area contributed by atoms with Gasteiger partial charge in [0.05, 0.1) is 5.69 Å². The van der Waals surface area contributed by atoms with Crippen molar-refractivity contribution in [2.75, 3.05) is 5.23 Å². The normalized spacial score (nSPS) is 10.9. The first-order valence-electron chi connectivity index (χ1n) is 6.86. The third kappa shape index (κ3) is 4.40. The first kappa shape index (κ1) is 17.2. The number of carbonyl (C=O) groups is 2. The van der Waals surface area contributed by atoms with Crippen molar-refractivity contribution < 1.29 is 14.8 Å². The summed E-state index contributed by atoms with van der Waals surface area (Å²) in [5.41, 5.74) is 2.58. The monoisotopic (exact) mass is 327 g/mol. The van der Waals surface area contributed by atoms with Gasteiger partial charge >= 0.3 is 0 Å². The summed E-state index contributed by atoms with van der Waals surface area (Å²) in [5.74, 6) is 3.92. The highest BCUT2D eigenvalue weighted by Gasteiger charge is 2.13. The summed E-state index contributed by atoms with van der Waals surface area (Å²) in [4.78, 5) is 24.0. The minimum Gasteiger partial charge on any atom is -0.733 e. The number of hydrogen-bond acceptors (Lipinski definition) is 6. The van der Waals surface area contributed by atoms with E-state index in [1.165, 1.54) is 24.3 Å². The van der Waals surface area contributed by atoms with Gasteiger partial charge in [-0.25, -0.2) is 5.84 Å². The molecule has 0 bridgehead atoms. The second-order valence-corrected chi connectivity index (χ2v) is 4.72. The van der Waals surface area contributed by atoms with Crippen molar-refractivity contribution in [2.24, 2.45) is 5.84 Å². The van der Waals surface area contributed by atoms with Gasteiger partial charge in [0, 0.05) is 5.56 Å². The van der Waals surface area contributed by atoms with Crippen LogP contribution < -0.4 is 21.8 Å². The predicted molar refractivity (Wildman–Crippen MR) is 88.3 cm³/mol. The Labute approximate surface area is 137 Å². The third-order valence-corrected chi connectivity index (χ3v) is 3.06. The van der Waals surface area contributed by atoms with Crippen LogP contribution in [0.25, 0.3) is 6.08 Å². The van der Waals surface area contributed by atoms with Crippen LogP contribution in [0, 0.1) is 5.21 Å². The number of rotatable bonds is 5. The maximum absolute atomic E-state index is 12.2. The fraction of sp³-hybridized carbons (Fsp3) is 0. The number of amides is 2. The number of anilines is 1. The number of hydrazine groups is 1. The lowest BCUT2D eigenvalue weighted by Gasteiger charge is -2.21. The second kappa shape index (κ2) is 7.88. The van der Waals surface area contributed by atoms with Crippen molar-refractivity contribution in [1.29, 1.82) is 0 Å². The molecule has 8 nitrogen and oxygen atoms in total. The Hall–Kier alpha value is -3.20. The summed E-state index contributed by atoms with van der Waals surface area (Å²) < 4.78 is 0. The van der Waals surface area contributed by atoms with Crippen molar-refractivity contribution in [3.05, 3.63) is 76.6 Å². The molecule has 24 heavy (non-hydrogen) atoms. The largest absolute Gasteiger partial charge is 0.733 e. The fourth-order valence-corrected chi connectivity index (χ4v) is 1.92. The van der Waals surface area contributed by atoms with Crippen LogP contribution in [-0.4, -0.2) is 17.0 Å². The number of nitrogens with one attached hydrogen (secondary N) is 2. The zero-order valence-corrected chi connectivity index (χ0v) is 12.5. The molecule has 2 rings (SSSR count). The summed E-state index contributed by atoms with van der Waals surface area (Å²) >= 11 is 0. The van der Waals surface area contributed by atoms with Crippen LogP contribution in [0.5, 0.6) is 0 Å². The second-order valence-electron chi connectivity index (χ2n) is 4.72. The van der Waals surface area contributed by atoms with Gasteiger partial charge < -0.3 is 15.8 Å². The van der Waals surface area contributed by atoms with Crippen LogP contribution in [0.15, 0.2) is 60.3 Å². The molecule has 2 aromatic carbocycles. The lowest BCUT2D eigenvalue weighted by atomic mass is 10.1. The molecule has 0 saturated carbocycles. The zero-order chi connectivity index (χ0) is 17.5. The topological polar surface area (TPSA) is 131 Å². The average molecular weight is 327 g/mol. The summed E-state index contributed by atoms with van der Waals surface area (Å²) in [5, 5.41) is 22.0. The van der Waals surface area contributed by atoms with Crippen molar-refractivity contribution in [1.82, 2.24) is 10.7 Å². The van der Waals surface area contributed by atoms with E-state index in [9.17, 15) is 14.8 Å². The Kier molecular flexibility index (Phi) is 5.63. The zero-order valence-electron chi connectivity index (χ0n) is 12.5. The van der Waals surface area contributed by atoms with Crippen molar-refractivity contribution in [3.8, 4) is 0 Å². The number of benzene rings is 2. The van der Waals surface area contributed by atoms with Gasteiger partial charge in [-0.05, 0) is 35.9 Å². The molecule has 124 valence electrons. The van der Waals surface area contributed by atoms with E-state index in [-0.39, 0.29) is 16.6 Å². The first-order chi connectivity index (χ1) is 11.5. The van der Waals surface area contributed by atoms with Crippen LogP contribution in [0.2, 0.25) is 0 Å². The van der Waals surface area contributed by atoms with E-state index in [0.717, 1.165) is 0 Å².